The smallest absolute Gasteiger partial charge is 0.119 e. The zero-order valence-corrected chi connectivity index (χ0v) is 17.9. The molecule has 0 bridgehead atoms. The van der Waals surface area contributed by atoms with E-state index in [1.54, 1.807) is 14.2 Å². The number of fused-ring (bicyclic) bond motifs is 1. The average Bonchev–Trinajstić information content (AvgIpc) is 3.37. The van der Waals surface area contributed by atoms with Crippen molar-refractivity contribution in [3.8, 4) is 22.8 Å². The van der Waals surface area contributed by atoms with Gasteiger partial charge >= 0.3 is 0 Å². The fourth-order valence-corrected chi connectivity index (χ4v) is 4.59. The molecule has 0 amide bonds. The van der Waals surface area contributed by atoms with Crippen molar-refractivity contribution in [2.45, 2.75) is 39.2 Å². The van der Waals surface area contributed by atoms with Crippen LogP contribution in [0.25, 0.3) is 22.2 Å². The molecule has 0 atom stereocenters. The Morgan fingerprint density at radius 1 is 0.828 bits per heavy atom. The highest BCUT2D eigenvalue weighted by molar-refractivity contribution is 5.92. The Bertz CT molecular complexity index is 953. The monoisotopic (exact) mass is 392 g/mol. The van der Waals surface area contributed by atoms with E-state index in [0.29, 0.717) is 0 Å². The van der Waals surface area contributed by atoms with Crippen LogP contribution in [0.2, 0.25) is 0 Å². The molecule has 0 N–H and O–H groups in total. The normalized spacial score (nSPS) is 14.6. The minimum atomic E-state index is 0.890. The van der Waals surface area contributed by atoms with E-state index in [-0.39, 0.29) is 0 Å². The molecule has 3 aromatic rings. The van der Waals surface area contributed by atoms with Crippen molar-refractivity contribution in [3.63, 3.8) is 0 Å². The van der Waals surface area contributed by atoms with Crippen LogP contribution in [0.5, 0.6) is 11.5 Å². The summed E-state index contributed by atoms with van der Waals surface area (Å²) in [4.78, 5) is 2.61. The van der Waals surface area contributed by atoms with Gasteiger partial charge in [-0.15, -0.1) is 0 Å². The molecule has 1 aliphatic heterocycles. The zero-order valence-electron chi connectivity index (χ0n) is 17.9. The van der Waals surface area contributed by atoms with Crippen molar-refractivity contribution in [3.05, 3.63) is 48.0 Å². The van der Waals surface area contributed by atoms with Gasteiger partial charge < -0.3 is 18.9 Å². The number of aromatic nitrogens is 1. The van der Waals surface area contributed by atoms with Crippen LogP contribution in [0.3, 0.4) is 0 Å². The van der Waals surface area contributed by atoms with E-state index >= 15 is 0 Å². The SMILES string of the molecule is COc1ccc(-c2c(C)c3cc(OC)ccc3n2CCCCN2CCCC2)cc1. The highest BCUT2D eigenvalue weighted by atomic mass is 16.5. The van der Waals surface area contributed by atoms with Gasteiger partial charge in [0.2, 0.25) is 0 Å². The molecule has 1 saturated heterocycles. The summed E-state index contributed by atoms with van der Waals surface area (Å²) in [5.41, 5.74) is 5.13. The summed E-state index contributed by atoms with van der Waals surface area (Å²) in [6.07, 6.45) is 5.17. The second-order valence-electron chi connectivity index (χ2n) is 7.99. The molecule has 0 aliphatic carbocycles. The maximum atomic E-state index is 5.49. The Kier molecular flexibility index (Phi) is 6.10. The van der Waals surface area contributed by atoms with E-state index in [2.05, 4.69) is 46.7 Å². The van der Waals surface area contributed by atoms with Crippen molar-refractivity contribution in [2.75, 3.05) is 33.9 Å². The van der Waals surface area contributed by atoms with E-state index in [1.807, 2.05) is 12.1 Å². The molecule has 0 radical (unpaired) electrons. The van der Waals surface area contributed by atoms with Gasteiger partial charge in [-0.1, -0.05) is 0 Å². The van der Waals surface area contributed by atoms with Gasteiger partial charge in [-0.25, -0.2) is 0 Å². The lowest BCUT2D eigenvalue weighted by molar-refractivity contribution is 0.327. The van der Waals surface area contributed by atoms with Gasteiger partial charge in [-0.2, -0.15) is 0 Å². The first-order chi connectivity index (χ1) is 14.2. The summed E-state index contributed by atoms with van der Waals surface area (Å²) in [7, 11) is 3.44. The van der Waals surface area contributed by atoms with Crippen LogP contribution in [0, 0.1) is 6.92 Å². The molecule has 2 aromatic carbocycles. The van der Waals surface area contributed by atoms with E-state index in [0.717, 1.165) is 18.0 Å². The maximum absolute atomic E-state index is 5.49. The molecule has 29 heavy (non-hydrogen) atoms. The Morgan fingerprint density at radius 3 is 2.17 bits per heavy atom. The van der Waals surface area contributed by atoms with Gasteiger partial charge in [0.25, 0.3) is 0 Å². The number of methoxy groups -OCH3 is 2. The van der Waals surface area contributed by atoms with Crippen LogP contribution in [-0.2, 0) is 6.54 Å². The molecule has 2 heterocycles. The first kappa shape index (κ1) is 19.8. The molecule has 0 spiro atoms. The second-order valence-corrected chi connectivity index (χ2v) is 7.99. The number of nitrogens with zero attached hydrogens (tertiary/aromatic N) is 2. The molecule has 1 fully saturated rings. The number of ether oxygens (including phenoxy) is 2. The molecule has 0 saturated carbocycles. The molecular weight excluding hydrogens is 360 g/mol. The lowest BCUT2D eigenvalue weighted by Crippen LogP contribution is -2.20. The Morgan fingerprint density at radius 2 is 1.48 bits per heavy atom. The van der Waals surface area contributed by atoms with Gasteiger partial charge in [0.15, 0.2) is 0 Å². The third-order valence-corrected chi connectivity index (χ3v) is 6.19. The van der Waals surface area contributed by atoms with E-state index in [9.17, 15) is 0 Å². The van der Waals surface area contributed by atoms with Gasteiger partial charge in [0.05, 0.1) is 19.9 Å². The molecule has 154 valence electrons. The quantitative estimate of drug-likeness (QED) is 0.473. The Labute approximate surface area is 174 Å². The number of unbranched alkanes of at least 4 members (excludes halogenated alkanes) is 1. The fourth-order valence-electron chi connectivity index (χ4n) is 4.59. The summed E-state index contributed by atoms with van der Waals surface area (Å²) < 4.78 is 13.3. The van der Waals surface area contributed by atoms with Crippen LogP contribution in [0.4, 0.5) is 0 Å². The van der Waals surface area contributed by atoms with Crippen LogP contribution in [0.1, 0.15) is 31.2 Å². The van der Waals surface area contributed by atoms with Crippen LogP contribution in [0.15, 0.2) is 42.5 Å². The van der Waals surface area contributed by atoms with E-state index in [4.69, 9.17) is 9.47 Å². The van der Waals surface area contributed by atoms with Gasteiger partial charge in [0.1, 0.15) is 11.5 Å². The minimum Gasteiger partial charge on any atom is -0.497 e. The number of rotatable bonds is 8. The van der Waals surface area contributed by atoms with E-state index < -0.39 is 0 Å². The van der Waals surface area contributed by atoms with Gasteiger partial charge in [-0.3, -0.25) is 0 Å². The number of aryl methyl sites for hydroxylation is 2. The van der Waals surface area contributed by atoms with E-state index in [1.165, 1.54) is 73.0 Å². The predicted molar refractivity (Wildman–Crippen MR) is 120 cm³/mol. The number of likely N-dealkylation sites (tertiary alicyclic amines) is 1. The van der Waals surface area contributed by atoms with Crippen LogP contribution in [-0.4, -0.2) is 43.3 Å². The third-order valence-electron chi connectivity index (χ3n) is 6.19. The van der Waals surface area contributed by atoms with Crippen molar-refractivity contribution < 1.29 is 9.47 Å². The highest BCUT2D eigenvalue weighted by Gasteiger charge is 2.17. The standard InChI is InChI=1S/C25H32N2O2/c1-19-23-18-22(29-3)12-13-24(23)27(17-7-6-16-26-14-4-5-15-26)25(19)20-8-10-21(28-2)11-9-20/h8-13,18H,4-7,14-17H2,1-3H3. The fraction of sp³-hybridized carbons (Fsp3) is 0.440. The Hall–Kier alpha value is -2.46. The maximum Gasteiger partial charge on any atom is 0.119 e. The molecule has 4 rings (SSSR count). The molecule has 1 aliphatic rings. The van der Waals surface area contributed by atoms with Gasteiger partial charge in [-0.05, 0) is 106 Å². The lowest BCUT2D eigenvalue weighted by Gasteiger charge is -2.16. The number of benzene rings is 2. The molecule has 4 heteroatoms. The first-order valence-corrected chi connectivity index (χ1v) is 10.7. The summed E-state index contributed by atoms with van der Waals surface area (Å²) in [5, 5.41) is 1.27. The second kappa shape index (κ2) is 8.91. The van der Waals surface area contributed by atoms with Crippen molar-refractivity contribution in [2.24, 2.45) is 0 Å². The molecule has 0 unspecified atom stereocenters. The molecule has 1 aromatic heterocycles. The zero-order chi connectivity index (χ0) is 20.2. The summed E-state index contributed by atoms with van der Waals surface area (Å²) >= 11 is 0. The van der Waals surface area contributed by atoms with Crippen molar-refractivity contribution in [1.29, 1.82) is 0 Å². The lowest BCUT2D eigenvalue weighted by atomic mass is 10.1. The summed E-state index contributed by atoms with van der Waals surface area (Å²) in [6, 6.07) is 14.9. The summed E-state index contributed by atoms with van der Waals surface area (Å²) in [6.45, 7) is 7.04. The summed E-state index contributed by atoms with van der Waals surface area (Å²) in [5.74, 6) is 1.80. The molecular formula is C25H32N2O2. The van der Waals surface area contributed by atoms with Gasteiger partial charge in [0, 0.05) is 17.4 Å². The Balaban J connectivity index is 1.65. The molecule has 4 nitrogen and oxygen atoms in total. The van der Waals surface area contributed by atoms with Crippen molar-refractivity contribution >= 4 is 10.9 Å². The largest absolute Gasteiger partial charge is 0.497 e. The minimum absolute atomic E-state index is 0.890. The topological polar surface area (TPSA) is 26.6 Å². The highest BCUT2D eigenvalue weighted by Crippen LogP contribution is 2.36. The number of hydrogen-bond donors (Lipinski definition) is 0. The number of hydrogen-bond acceptors (Lipinski definition) is 3. The third kappa shape index (κ3) is 4.13. The van der Waals surface area contributed by atoms with Crippen molar-refractivity contribution in [1.82, 2.24) is 9.47 Å². The average molecular weight is 393 g/mol. The first-order valence-electron chi connectivity index (χ1n) is 10.7. The van der Waals surface area contributed by atoms with Crippen LogP contribution < -0.4 is 9.47 Å². The predicted octanol–water partition coefficient (Wildman–Crippen LogP) is 5.51. The van der Waals surface area contributed by atoms with Crippen LogP contribution >= 0.6 is 0 Å².